The number of aliphatic carboxylic acids is 1. The minimum atomic E-state index is -0.894. The third kappa shape index (κ3) is 5.25. The van der Waals surface area contributed by atoms with E-state index in [0.717, 1.165) is 0 Å². The molecule has 0 bridgehead atoms. The van der Waals surface area contributed by atoms with Gasteiger partial charge < -0.3 is 14.7 Å². The second kappa shape index (κ2) is 7.83. The molecule has 0 spiro atoms. The van der Waals surface area contributed by atoms with Gasteiger partial charge in [-0.2, -0.15) is 0 Å². The molecule has 0 saturated carbocycles. The molecule has 1 aromatic carbocycles. The molecule has 5 nitrogen and oxygen atoms in total. The van der Waals surface area contributed by atoms with E-state index in [9.17, 15) is 14.7 Å². The van der Waals surface area contributed by atoms with Crippen LogP contribution < -0.4 is 0 Å². The SMILES string of the molecule is CC(C)(C)OC(=O)N1CCC(C(C(=O)O)c2ccc(Cl)c(Cl)c2)CC1. The molecule has 1 N–H and O–H groups in total. The summed E-state index contributed by atoms with van der Waals surface area (Å²) in [6.07, 6.45) is 0.833. The summed E-state index contributed by atoms with van der Waals surface area (Å²) in [5.74, 6) is -1.64. The molecule has 1 aliphatic heterocycles. The summed E-state index contributed by atoms with van der Waals surface area (Å²) in [4.78, 5) is 25.6. The second-order valence-electron chi connectivity index (χ2n) is 7.29. The van der Waals surface area contributed by atoms with Gasteiger partial charge in [-0.15, -0.1) is 0 Å². The van der Waals surface area contributed by atoms with Crippen LogP contribution in [-0.4, -0.2) is 40.8 Å². The highest BCUT2D eigenvalue weighted by molar-refractivity contribution is 6.42. The van der Waals surface area contributed by atoms with Gasteiger partial charge in [-0.3, -0.25) is 4.79 Å². The van der Waals surface area contributed by atoms with Crippen molar-refractivity contribution in [2.75, 3.05) is 13.1 Å². The Morgan fingerprint density at radius 3 is 2.28 bits per heavy atom. The first kappa shape index (κ1) is 19.9. The maximum Gasteiger partial charge on any atom is 0.410 e. The van der Waals surface area contributed by atoms with E-state index < -0.39 is 17.5 Å². The highest BCUT2D eigenvalue weighted by atomic mass is 35.5. The lowest BCUT2D eigenvalue weighted by atomic mass is 9.80. The maximum absolute atomic E-state index is 12.1. The highest BCUT2D eigenvalue weighted by Crippen LogP contribution is 2.36. The predicted molar refractivity (Wildman–Crippen MR) is 97.4 cm³/mol. The molecule has 138 valence electrons. The van der Waals surface area contributed by atoms with Gasteiger partial charge in [0.15, 0.2) is 0 Å². The van der Waals surface area contributed by atoms with Crippen molar-refractivity contribution in [3.8, 4) is 0 Å². The van der Waals surface area contributed by atoms with E-state index in [4.69, 9.17) is 27.9 Å². The number of hydrogen-bond acceptors (Lipinski definition) is 3. The van der Waals surface area contributed by atoms with Crippen LogP contribution in [0.1, 0.15) is 45.1 Å². The molecular formula is C18H23Cl2NO4. The number of nitrogens with zero attached hydrogens (tertiary/aromatic N) is 1. The number of ether oxygens (including phenoxy) is 1. The number of rotatable bonds is 3. The lowest BCUT2D eigenvalue weighted by Gasteiger charge is -2.35. The zero-order valence-electron chi connectivity index (χ0n) is 14.6. The summed E-state index contributed by atoms with van der Waals surface area (Å²) in [6.45, 7) is 6.42. The molecule has 0 aliphatic carbocycles. The van der Waals surface area contributed by atoms with Crippen molar-refractivity contribution in [2.24, 2.45) is 5.92 Å². The zero-order chi connectivity index (χ0) is 18.8. The Labute approximate surface area is 157 Å². The number of carboxylic acids is 1. The van der Waals surface area contributed by atoms with Gasteiger partial charge in [0.25, 0.3) is 0 Å². The molecule has 0 radical (unpaired) electrons. The van der Waals surface area contributed by atoms with Crippen molar-refractivity contribution in [1.29, 1.82) is 0 Å². The first-order chi connectivity index (χ1) is 11.6. The van der Waals surface area contributed by atoms with Crippen molar-refractivity contribution in [3.63, 3.8) is 0 Å². The van der Waals surface area contributed by atoms with Gasteiger partial charge in [-0.25, -0.2) is 4.79 Å². The molecule has 1 unspecified atom stereocenters. The Bertz CT molecular complexity index is 649. The molecule has 0 aromatic heterocycles. The van der Waals surface area contributed by atoms with Crippen LogP contribution in [-0.2, 0) is 9.53 Å². The molecule has 1 fully saturated rings. The molecule has 1 amide bonds. The number of carbonyl (C=O) groups is 2. The summed E-state index contributed by atoms with van der Waals surface area (Å²) < 4.78 is 5.37. The van der Waals surface area contributed by atoms with Gasteiger partial charge in [0.2, 0.25) is 0 Å². The third-order valence-corrected chi connectivity index (χ3v) is 4.97. The van der Waals surface area contributed by atoms with Crippen molar-refractivity contribution in [3.05, 3.63) is 33.8 Å². The summed E-state index contributed by atoms with van der Waals surface area (Å²) in [7, 11) is 0. The number of piperidine rings is 1. The van der Waals surface area contributed by atoms with E-state index in [1.807, 2.05) is 20.8 Å². The fraction of sp³-hybridized carbons (Fsp3) is 0.556. The third-order valence-electron chi connectivity index (χ3n) is 4.23. The number of likely N-dealkylation sites (tertiary alicyclic amines) is 1. The average molecular weight is 388 g/mol. The molecular weight excluding hydrogens is 365 g/mol. The summed E-state index contributed by atoms with van der Waals surface area (Å²) in [6, 6.07) is 4.93. The molecule has 2 rings (SSSR count). The van der Waals surface area contributed by atoms with Crippen molar-refractivity contribution >= 4 is 35.3 Å². The Kier molecular flexibility index (Phi) is 6.22. The quantitative estimate of drug-likeness (QED) is 0.807. The fourth-order valence-corrected chi connectivity index (χ4v) is 3.37. The van der Waals surface area contributed by atoms with Crippen LogP contribution in [0, 0.1) is 5.92 Å². The van der Waals surface area contributed by atoms with Crippen LogP contribution in [0.15, 0.2) is 18.2 Å². The minimum absolute atomic E-state index is 0.0755. The molecule has 1 atom stereocenters. The normalized spacial score (nSPS) is 17.2. The predicted octanol–water partition coefficient (Wildman–Crippen LogP) is 4.81. The van der Waals surface area contributed by atoms with Crippen molar-refractivity contribution in [2.45, 2.75) is 45.1 Å². The summed E-state index contributed by atoms with van der Waals surface area (Å²) >= 11 is 12.0. The van der Waals surface area contributed by atoms with Gasteiger partial charge in [-0.1, -0.05) is 29.3 Å². The van der Waals surface area contributed by atoms with Crippen LogP contribution in [0.2, 0.25) is 10.0 Å². The number of carboxylic acid groups (broad SMARTS) is 1. The standard InChI is InChI=1S/C18H23Cl2NO4/c1-18(2,3)25-17(24)21-8-6-11(7-9-21)15(16(22)23)12-4-5-13(19)14(20)10-12/h4-5,10-11,15H,6-9H2,1-3H3,(H,22,23). The van der Waals surface area contributed by atoms with Crippen LogP contribution >= 0.6 is 23.2 Å². The highest BCUT2D eigenvalue weighted by Gasteiger charge is 2.35. The lowest BCUT2D eigenvalue weighted by molar-refractivity contribution is -0.140. The number of carbonyl (C=O) groups excluding carboxylic acids is 1. The minimum Gasteiger partial charge on any atom is -0.481 e. The van der Waals surface area contributed by atoms with Crippen LogP contribution in [0.5, 0.6) is 0 Å². The van der Waals surface area contributed by atoms with Gasteiger partial charge in [0, 0.05) is 13.1 Å². The molecule has 7 heteroatoms. The van der Waals surface area contributed by atoms with Crippen molar-refractivity contribution in [1.82, 2.24) is 4.90 Å². The molecule has 1 saturated heterocycles. The number of hydrogen-bond donors (Lipinski definition) is 1. The largest absolute Gasteiger partial charge is 0.481 e. The number of benzene rings is 1. The first-order valence-electron chi connectivity index (χ1n) is 8.24. The van der Waals surface area contributed by atoms with E-state index in [1.54, 1.807) is 23.1 Å². The van der Waals surface area contributed by atoms with E-state index in [0.29, 0.717) is 41.5 Å². The van der Waals surface area contributed by atoms with E-state index >= 15 is 0 Å². The first-order valence-corrected chi connectivity index (χ1v) is 9.00. The number of amides is 1. The van der Waals surface area contributed by atoms with Crippen LogP contribution in [0.4, 0.5) is 4.79 Å². The van der Waals surface area contributed by atoms with Gasteiger partial charge in [-0.05, 0) is 57.2 Å². The maximum atomic E-state index is 12.1. The summed E-state index contributed by atoms with van der Waals surface area (Å²) in [5.41, 5.74) is 0.0926. The Hall–Kier alpha value is -1.46. The van der Waals surface area contributed by atoms with Gasteiger partial charge in [0.05, 0.1) is 16.0 Å². The Balaban J connectivity index is 2.07. The Morgan fingerprint density at radius 2 is 1.80 bits per heavy atom. The van der Waals surface area contributed by atoms with Gasteiger partial charge >= 0.3 is 12.1 Å². The molecule has 25 heavy (non-hydrogen) atoms. The second-order valence-corrected chi connectivity index (χ2v) is 8.11. The molecule has 1 aliphatic rings. The number of halogens is 2. The van der Waals surface area contributed by atoms with E-state index in [-0.39, 0.29) is 12.0 Å². The van der Waals surface area contributed by atoms with E-state index in [2.05, 4.69) is 0 Å². The Morgan fingerprint density at radius 1 is 1.20 bits per heavy atom. The molecule has 1 aromatic rings. The average Bonchev–Trinajstić information content (AvgIpc) is 2.49. The van der Waals surface area contributed by atoms with E-state index in [1.165, 1.54) is 0 Å². The summed E-state index contributed by atoms with van der Waals surface area (Å²) in [5, 5.41) is 10.4. The monoisotopic (exact) mass is 387 g/mol. The molecule has 1 heterocycles. The topological polar surface area (TPSA) is 66.8 Å². The lowest BCUT2D eigenvalue weighted by Crippen LogP contribution is -2.43. The smallest absolute Gasteiger partial charge is 0.410 e. The van der Waals surface area contributed by atoms with Crippen LogP contribution in [0.3, 0.4) is 0 Å². The van der Waals surface area contributed by atoms with Crippen molar-refractivity contribution < 1.29 is 19.4 Å². The zero-order valence-corrected chi connectivity index (χ0v) is 16.1. The fourth-order valence-electron chi connectivity index (χ4n) is 3.06. The van der Waals surface area contributed by atoms with Gasteiger partial charge in [0.1, 0.15) is 5.60 Å². The van der Waals surface area contributed by atoms with Crippen LogP contribution in [0.25, 0.3) is 0 Å².